The smallest absolute Gasteiger partial charge is 0.321 e. The number of fused-ring (bicyclic) bond motifs is 2. The Bertz CT molecular complexity index is 1680. The number of amides is 2. The van der Waals surface area contributed by atoms with Crippen molar-refractivity contribution in [3.05, 3.63) is 78.0 Å². The Labute approximate surface area is 252 Å². The monoisotopic (exact) mass is 606 g/mol. The van der Waals surface area contributed by atoms with Crippen molar-refractivity contribution in [2.75, 3.05) is 26.4 Å². The number of alkyl halides is 2. The Balaban J connectivity index is 1.26. The minimum atomic E-state index is -3.55. The number of benzene rings is 3. The number of rotatable bonds is 9. The number of carbonyl (C=O) groups is 2. The number of aromatic nitrogens is 2. The van der Waals surface area contributed by atoms with Crippen LogP contribution in [0.25, 0.3) is 16.6 Å². The van der Waals surface area contributed by atoms with Crippen LogP contribution < -0.4 is 24.8 Å². The fourth-order valence-electron chi connectivity index (χ4n) is 5.24. The molecule has 1 aromatic heterocycles. The van der Waals surface area contributed by atoms with Crippen molar-refractivity contribution in [2.45, 2.75) is 44.4 Å². The first-order valence-corrected chi connectivity index (χ1v) is 14.4. The summed E-state index contributed by atoms with van der Waals surface area (Å²) in [5, 5.41) is 10.7. The molecule has 0 aliphatic carbocycles. The average molecular weight is 607 g/mol. The molecule has 12 heteroatoms. The van der Waals surface area contributed by atoms with Gasteiger partial charge in [-0.15, -0.1) is 0 Å². The van der Waals surface area contributed by atoms with Gasteiger partial charge >= 0.3 is 5.92 Å². The zero-order valence-corrected chi connectivity index (χ0v) is 24.2. The molecule has 2 amide bonds. The third-order valence-electron chi connectivity index (χ3n) is 7.53. The van der Waals surface area contributed by atoms with E-state index in [1.54, 1.807) is 66.3 Å². The van der Waals surface area contributed by atoms with Gasteiger partial charge in [0.1, 0.15) is 25.1 Å². The summed E-state index contributed by atoms with van der Waals surface area (Å²) < 4.78 is 52.2. The topological polar surface area (TPSA) is 113 Å². The van der Waals surface area contributed by atoms with Gasteiger partial charge in [0.05, 0.1) is 36.1 Å². The molecule has 1 unspecified atom stereocenters. The summed E-state index contributed by atoms with van der Waals surface area (Å²) in [6.45, 7) is 4.09. The number of carbonyl (C=O) groups excluding carboxylic acids is 2. The maximum absolute atomic E-state index is 13.7. The van der Waals surface area contributed by atoms with Gasteiger partial charge < -0.3 is 29.6 Å². The highest BCUT2D eigenvalue weighted by Crippen LogP contribution is 2.36. The SMILES string of the molecule is CC(NC(=O)C(C)(F)F)[C@H](Oc1ccc2c(cnn2-c2cccc(C(=O)N[C@H]3CCOC3)c2)c1)c1ccc2c(c1)OCCO2. The van der Waals surface area contributed by atoms with E-state index in [2.05, 4.69) is 15.7 Å². The maximum Gasteiger partial charge on any atom is 0.321 e. The molecule has 3 heterocycles. The fraction of sp³-hybridized carbons (Fsp3) is 0.344. The van der Waals surface area contributed by atoms with Crippen molar-refractivity contribution in [1.82, 2.24) is 20.4 Å². The summed E-state index contributed by atoms with van der Waals surface area (Å²) in [5.41, 5.74) is 2.59. The van der Waals surface area contributed by atoms with Gasteiger partial charge in [-0.2, -0.15) is 13.9 Å². The summed E-state index contributed by atoms with van der Waals surface area (Å²) in [4.78, 5) is 25.0. The standard InChI is InChI=1S/C32H32F2N4O6/c1-19(36-31(40)32(2,33)34)29(20-6-9-27-28(16-20)43-13-12-42-27)44-25-7-8-26-22(15-25)17-35-38(26)24-5-3-4-21(14-24)30(39)37-23-10-11-41-18-23/h3-9,14-17,19,23,29H,10-13,18H2,1-2H3,(H,36,40)(H,37,39)/t19?,23-,29-/m0/s1. The molecule has 1 saturated heterocycles. The number of hydrogen-bond acceptors (Lipinski definition) is 7. The molecule has 10 nitrogen and oxygen atoms in total. The average Bonchev–Trinajstić information content (AvgIpc) is 3.69. The molecule has 3 atom stereocenters. The summed E-state index contributed by atoms with van der Waals surface area (Å²) in [7, 11) is 0. The Morgan fingerprint density at radius 3 is 2.64 bits per heavy atom. The molecule has 2 aliphatic heterocycles. The minimum Gasteiger partial charge on any atom is -0.486 e. The van der Waals surface area contributed by atoms with Crippen LogP contribution >= 0.6 is 0 Å². The predicted molar refractivity (Wildman–Crippen MR) is 157 cm³/mol. The zero-order valence-electron chi connectivity index (χ0n) is 24.2. The lowest BCUT2D eigenvalue weighted by atomic mass is 10.0. The van der Waals surface area contributed by atoms with Crippen LogP contribution in [0.1, 0.15) is 42.3 Å². The van der Waals surface area contributed by atoms with E-state index in [9.17, 15) is 18.4 Å². The molecule has 230 valence electrons. The van der Waals surface area contributed by atoms with Crippen LogP contribution in [0, 0.1) is 0 Å². The molecule has 0 saturated carbocycles. The highest BCUT2D eigenvalue weighted by atomic mass is 19.3. The quantitative estimate of drug-likeness (QED) is 0.287. The second-order valence-electron chi connectivity index (χ2n) is 11.0. The highest BCUT2D eigenvalue weighted by molar-refractivity contribution is 5.95. The maximum atomic E-state index is 13.7. The molecule has 6 rings (SSSR count). The number of nitrogens with zero attached hydrogens (tertiary/aromatic N) is 2. The van der Waals surface area contributed by atoms with Gasteiger partial charge in [-0.1, -0.05) is 12.1 Å². The first-order chi connectivity index (χ1) is 21.2. The second kappa shape index (κ2) is 12.1. The predicted octanol–water partition coefficient (Wildman–Crippen LogP) is 4.60. The van der Waals surface area contributed by atoms with E-state index in [1.807, 2.05) is 12.1 Å². The van der Waals surface area contributed by atoms with Crippen LogP contribution in [0.3, 0.4) is 0 Å². The molecule has 3 aromatic carbocycles. The van der Waals surface area contributed by atoms with Crippen LogP contribution in [-0.2, 0) is 9.53 Å². The van der Waals surface area contributed by atoms with Crippen molar-refractivity contribution in [2.24, 2.45) is 0 Å². The molecule has 2 N–H and O–H groups in total. The van der Waals surface area contributed by atoms with Crippen molar-refractivity contribution in [1.29, 1.82) is 0 Å². The Morgan fingerprint density at radius 1 is 1.05 bits per heavy atom. The number of nitrogens with one attached hydrogen (secondary N) is 2. The second-order valence-corrected chi connectivity index (χ2v) is 11.0. The van der Waals surface area contributed by atoms with E-state index < -0.39 is 24.0 Å². The fourth-order valence-corrected chi connectivity index (χ4v) is 5.24. The lowest BCUT2D eigenvalue weighted by molar-refractivity contribution is -0.144. The summed E-state index contributed by atoms with van der Waals surface area (Å²) in [6, 6.07) is 16.9. The van der Waals surface area contributed by atoms with Gasteiger partial charge in [-0.3, -0.25) is 9.59 Å². The lowest BCUT2D eigenvalue weighted by Crippen LogP contribution is -2.46. The van der Waals surface area contributed by atoms with Gasteiger partial charge in [0.25, 0.3) is 11.8 Å². The van der Waals surface area contributed by atoms with E-state index in [-0.39, 0.29) is 11.9 Å². The molecule has 44 heavy (non-hydrogen) atoms. The third kappa shape index (κ3) is 6.30. The van der Waals surface area contributed by atoms with E-state index in [0.29, 0.717) is 67.4 Å². The van der Waals surface area contributed by atoms with E-state index in [4.69, 9.17) is 18.9 Å². The van der Waals surface area contributed by atoms with Gasteiger partial charge in [-0.05, 0) is 67.4 Å². The summed E-state index contributed by atoms with van der Waals surface area (Å²) in [5.74, 6) is -3.62. The molecule has 1 fully saturated rings. The van der Waals surface area contributed by atoms with Crippen molar-refractivity contribution >= 4 is 22.7 Å². The van der Waals surface area contributed by atoms with E-state index in [1.165, 1.54) is 0 Å². The Kier molecular flexibility index (Phi) is 8.09. The van der Waals surface area contributed by atoms with Gasteiger partial charge in [0, 0.05) is 24.5 Å². The Hall–Kier alpha value is -4.71. The largest absolute Gasteiger partial charge is 0.486 e. The highest BCUT2D eigenvalue weighted by Gasteiger charge is 2.35. The summed E-state index contributed by atoms with van der Waals surface area (Å²) >= 11 is 0. The van der Waals surface area contributed by atoms with Crippen molar-refractivity contribution in [3.8, 4) is 22.9 Å². The lowest BCUT2D eigenvalue weighted by Gasteiger charge is -2.28. The van der Waals surface area contributed by atoms with Crippen LogP contribution in [-0.4, -0.2) is 66.0 Å². The molecule has 0 spiro atoms. The Morgan fingerprint density at radius 2 is 1.86 bits per heavy atom. The molecule has 0 radical (unpaired) electrons. The van der Waals surface area contributed by atoms with Crippen LogP contribution in [0.15, 0.2) is 66.9 Å². The van der Waals surface area contributed by atoms with Gasteiger partial charge in [0.2, 0.25) is 0 Å². The molecule has 4 aromatic rings. The zero-order chi connectivity index (χ0) is 30.8. The number of ether oxygens (including phenoxy) is 4. The molecular weight excluding hydrogens is 574 g/mol. The third-order valence-corrected chi connectivity index (χ3v) is 7.53. The van der Waals surface area contributed by atoms with Crippen LogP contribution in [0.5, 0.6) is 17.2 Å². The van der Waals surface area contributed by atoms with Crippen molar-refractivity contribution < 1.29 is 37.3 Å². The van der Waals surface area contributed by atoms with E-state index in [0.717, 1.165) is 17.3 Å². The molecular formula is C32H32F2N4O6. The first-order valence-electron chi connectivity index (χ1n) is 14.4. The van der Waals surface area contributed by atoms with E-state index >= 15 is 0 Å². The minimum absolute atomic E-state index is 0.00407. The van der Waals surface area contributed by atoms with Gasteiger partial charge in [0.15, 0.2) is 11.5 Å². The number of hydrogen-bond donors (Lipinski definition) is 2. The normalized spacial score (nSPS) is 17.6. The van der Waals surface area contributed by atoms with Gasteiger partial charge in [-0.25, -0.2) is 4.68 Å². The summed E-state index contributed by atoms with van der Waals surface area (Å²) in [6.07, 6.45) is 1.61. The van der Waals surface area contributed by atoms with Crippen molar-refractivity contribution in [3.63, 3.8) is 0 Å². The molecule has 0 bridgehead atoms. The number of halogens is 2. The molecule has 2 aliphatic rings. The first kappa shape index (κ1) is 29.4. The van der Waals surface area contributed by atoms with Crippen LogP contribution in [0.2, 0.25) is 0 Å². The van der Waals surface area contributed by atoms with Crippen LogP contribution in [0.4, 0.5) is 8.78 Å².